The second-order valence-corrected chi connectivity index (χ2v) is 23.8. The highest BCUT2D eigenvalue weighted by Gasteiger charge is 2.83. The number of rotatable bonds is 18. The Morgan fingerprint density at radius 3 is 1.77 bits per heavy atom. The molecular weight excluding hydrogens is 1010 g/mol. The average Bonchev–Trinajstić information content (AvgIpc) is 3.32. The van der Waals surface area contributed by atoms with Gasteiger partial charge in [0.25, 0.3) is 10.0 Å². The van der Waals surface area contributed by atoms with E-state index >= 15 is 26.3 Å². The summed E-state index contributed by atoms with van der Waals surface area (Å²) < 4.78 is 170. The summed E-state index contributed by atoms with van der Waals surface area (Å²) in [6.45, 7) is 20.3. The first kappa shape index (κ1) is 54.8. The molecule has 1 atom stereocenters. The summed E-state index contributed by atoms with van der Waals surface area (Å²) in [5.74, 6) is -6.80. The van der Waals surface area contributed by atoms with Crippen LogP contribution < -0.4 is 23.5 Å². The molecule has 7 rings (SSSR count). The molecule has 0 radical (unpaired) electrons. The summed E-state index contributed by atoms with van der Waals surface area (Å²) in [6.07, 6.45) is 3.82. The van der Waals surface area contributed by atoms with Gasteiger partial charge >= 0.3 is 26.5 Å². The third-order valence-corrected chi connectivity index (χ3v) is 17.1. The minimum atomic E-state index is -7.20. The van der Waals surface area contributed by atoms with E-state index in [4.69, 9.17) is 4.74 Å². The number of hydrogen-bond donors (Lipinski definition) is 1. The van der Waals surface area contributed by atoms with Crippen molar-refractivity contribution >= 4 is 48.9 Å². The molecule has 6 aromatic rings. The first-order valence-electron chi connectivity index (χ1n) is 23.4. The summed E-state index contributed by atoms with van der Waals surface area (Å²) in [4.78, 5) is -0.538. The van der Waals surface area contributed by atoms with Crippen molar-refractivity contribution in [1.29, 1.82) is 0 Å². The fourth-order valence-corrected chi connectivity index (χ4v) is 12.5. The van der Waals surface area contributed by atoms with Crippen molar-refractivity contribution < 1.29 is 56.3 Å². The number of hydrogen-bond acceptors (Lipinski definition) is 7. The van der Waals surface area contributed by atoms with Crippen LogP contribution in [0, 0.1) is 0 Å². The molecule has 0 saturated heterocycles. The molecule has 0 spiro atoms. The minimum absolute atomic E-state index is 0.0304. The monoisotopic (exact) mass is 1060 g/mol. The number of fused-ring (bicyclic) bond motifs is 2. The Labute approximate surface area is 425 Å². The third-order valence-electron chi connectivity index (χ3n) is 12.7. The van der Waals surface area contributed by atoms with Crippen molar-refractivity contribution in [3.05, 3.63) is 194 Å². The molecular formula is C56H55F6NO7S3. The van der Waals surface area contributed by atoms with Crippen LogP contribution in [0.4, 0.5) is 26.3 Å². The van der Waals surface area contributed by atoms with E-state index in [-0.39, 0.29) is 34.8 Å². The summed E-state index contributed by atoms with van der Waals surface area (Å²) >= 11 is 0. The maximum absolute atomic E-state index is 15.7. The lowest BCUT2D eigenvalue weighted by atomic mass is 9.85. The number of halogens is 6. The van der Waals surface area contributed by atoms with Crippen LogP contribution in [0.3, 0.4) is 0 Å². The molecule has 8 nitrogen and oxygen atoms in total. The van der Waals surface area contributed by atoms with Gasteiger partial charge in [-0.25, -0.2) is 12.6 Å². The fraction of sp³-hybridized carbons (Fsp3) is 0.286. The van der Waals surface area contributed by atoms with E-state index in [1.807, 2.05) is 36.4 Å². The van der Waals surface area contributed by atoms with Gasteiger partial charge in [-0.05, 0) is 122 Å². The van der Waals surface area contributed by atoms with Gasteiger partial charge in [0, 0.05) is 21.9 Å². The predicted octanol–water partition coefficient (Wildman–Crippen LogP) is 12.8. The Morgan fingerprint density at radius 1 is 0.644 bits per heavy atom. The molecule has 386 valence electrons. The van der Waals surface area contributed by atoms with Gasteiger partial charge in [0.15, 0.2) is 0 Å². The van der Waals surface area contributed by atoms with Crippen LogP contribution in [0.25, 0.3) is 17.7 Å². The molecule has 1 aliphatic heterocycles. The number of nitrogens with one attached hydrogen (secondary N) is 1. The van der Waals surface area contributed by atoms with Crippen LogP contribution in [-0.4, -0.2) is 37.5 Å². The van der Waals surface area contributed by atoms with Crippen molar-refractivity contribution in [2.24, 2.45) is 0 Å². The first-order valence-corrected chi connectivity index (χ1v) is 27.4. The average molecular weight is 1060 g/mol. The lowest BCUT2D eigenvalue weighted by Gasteiger charge is -2.31. The third kappa shape index (κ3) is 10.4. The molecule has 0 saturated carbocycles. The van der Waals surface area contributed by atoms with Gasteiger partial charge in [-0.15, -0.1) is 4.13 Å². The van der Waals surface area contributed by atoms with Gasteiger partial charge in [-0.1, -0.05) is 153 Å². The number of alkyl halides is 6. The second kappa shape index (κ2) is 20.7. The molecule has 73 heavy (non-hydrogen) atoms. The van der Waals surface area contributed by atoms with Crippen LogP contribution in [0.5, 0.6) is 17.2 Å². The minimum Gasteiger partial charge on any atom is -0.456 e. The first-order chi connectivity index (χ1) is 34.1. The highest BCUT2D eigenvalue weighted by molar-refractivity contribution is 8.02. The van der Waals surface area contributed by atoms with E-state index < -0.39 is 58.2 Å². The lowest BCUT2D eigenvalue weighted by Crippen LogP contribution is -2.63. The van der Waals surface area contributed by atoms with E-state index in [2.05, 4.69) is 90.4 Å². The molecule has 1 unspecified atom stereocenters. The zero-order valence-corrected chi connectivity index (χ0v) is 43.7. The van der Waals surface area contributed by atoms with Crippen LogP contribution >= 0.6 is 0 Å². The van der Waals surface area contributed by atoms with Crippen molar-refractivity contribution in [1.82, 2.24) is 4.13 Å². The summed E-state index contributed by atoms with van der Waals surface area (Å²) in [6, 6.07) is 32.1. The van der Waals surface area contributed by atoms with Gasteiger partial charge in [0.2, 0.25) is 0 Å². The standard InChI is InChI=1S/C56H55F6NO7S3/c1-10-37-21-25-40(26-22-37)70-73(67,68)56(61,62)54(57,58)55(59,60)72(65,66)63-71(64)52-20-12-11-15-47(52)53-45-27-23-38(29-48-41(33(2)3)16-13-17-42(48)34(4)5)31-50(45)69-51-32-39(24-28-46(51)53)30-49-43(35(6)7)18-14-19-44(49)36(8)9/h10-29,31-36,63H,1,30H2,2-9H3/b38-29+. The quantitative estimate of drug-likeness (QED) is 0.0672. The fourth-order valence-electron chi connectivity index (χ4n) is 8.86. The molecule has 0 aromatic heterocycles. The Hall–Kier alpha value is -6.01. The van der Waals surface area contributed by atoms with Crippen molar-refractivity contribution in [3.8, 4) is 17.2 Å². The largest absolute Gasteiger partial charge is 0.456 e. The SMILES string of the molecule is C=Cc1ccc(OS(=O)(=O)C(F)(F)C(F)(F)C(F)(F)S(=O)(=O)NS(=O)c2ccccc2C2=c3cc/c(=C\c4c(C(C)C)cccc4C(C)C)cc3Oc3cc(Cc4c(C(C)C)cccc4C(C)C)ccc32)cc1. The molecule has 1 N–H and O–H groups in total. The van der Waals surface area contributed by atoms with E-state index in [0.717, 1.165) is 67.5 Å². The van der Waals surface area contributed by atoms with Gasteiger partial charge in [0.05, 0.1) is 4.90 Å². The van der Waals surface area contributed by atoms with Gasteiger partial charge in [-0.3, -0.25) is 0 Å². The van der Waals surface area contributed by atoms with Crippen LogP contribution in [0.1, 0.15) is 135 Å². The van der Waals surface area contributed by atoms with Crippen LogP contribution in [-0.2, 0) is 37.5 Å². The Kier molecular flexibility index (Phi) is 15.5. The van der Waals surface area contributed by atoms with E-state index in [0.29, 0.717) is 34.3 Å². The van der Waals surface area contributed by atoms with Gasteiger partial charge in [0.1, 0.15) is 28.2 Å². The predicted molar refractivity (Wildman–Crippen MR) is 275 cm³/mol. The van der Waals surface area contributed by atoms with Crippen molar-refractivity contribution in [2.45, 2.75) is 107 Å². The summed E-state index contributed by atoms with van der Waals surface area (Å²) in [5.41, 5.74) is 8.56. The zero-order chi connectivity index (χ0) is 53.6. The zero-order valence-electron chi connectivity index (χ0n) is 41.3. The topological polar surface area (TPSA) is 116 Å². The molecule has 0 amide bonds. The van der Waals surface area contributed by atoms with E-state index in [9.17, 15) is 21.0 Å². The molecule has 17 heteroatoms. The Balaban J connectivity index is 1.35. The molecule has 0 fully saturated rings. The van der Waals surface area contributed by atoms with Gasteiger partial charge in [-0.2, -0.15) is 34.8 Å². The molecule has 0 aliphatic carbocycles. The smallest absolute Gasteiger partial charge is 0.450 e. The molecule has 1 aliphatic rings. The number of sulfonamides is 1. The molecule has 0 bridgehead atoms. The van der Waals surface area contributed by atoms with Crippen LogP contribution in [0.2, 0.25) is 0 Å². The molecule has 1 heterocycles. The normalized spacial score (nSPS) is 14.1. The number of benzene rings is 6. The van der Waals surface area contributed by atoms with E-state index in [1.165, 1.54) is 35.4 Å². The van der Waals surface area contributed by atoms with Crippen molar-refractivity contribution in [2.75, 3.05) is 0 Å². The Bertz CT molecular complexity index is 3430. The van der Waals surface area contributed by atoms with Crippen LogP contribution in [0.15, 0.2) is 133 Å². The summed E-state index contributed by atoms with van der Waals surface area (Å²) in [7, 11) is -17.6. The maximum atomic E-state index is 15.7. The van der Waals surface area contributed by atoms with Crippen molar-refractivity contribution in [3.63, 3.8) is 0 Å². The Morgan fingerprint density at radius 2 is 1.21 bits per heavy atom. The van der Waals surface area contributed by atoms with E-state index in [1.54, 1.807) is 18.2 Å². The lowest BCUT2D eigenvalue weighted by molar-refractivity contribution is -0.245. The highest BCUT2D eigenvalue weighted by Crippen LogP contribution is 2.51. The maximum Gasteiger partial charge on any atom is 0.450 e. The summed E-state index contributed by atoms with van der Waals surface area (Å²) in [5, 5.41) is -12.7. The molecule has 6 aromatic carbocycles. The van der Waals surface area contributed by atoms with Gasteiger partial charge < -0.3 is 8.92 Å². The highest BCUT2D eigenvalue weighted by atomic mass is 32.3. The number of ether oxygens (including phenoxy) is 1. The second-order valence-electron chi connectivity index (χ2n) is 19.0.